The smallest absolute Gasteiger partial charge is 0.309 e. The van der Waals surface area contributed by atoms with Crippen molar-refractivity contribution in [3.63, 3.8) is 0 Å². The van der Waals surface area contributed by atoms with Gasteiger partial charge in [-0.25, -0.2) is 0 Å². The molecule has 0 radical (unpaired) electrons. The highest BCUT2D eigenvalue weighted by Crippen LogP contribution is 2.44. The first kappa shape index (κ1) is 11.5. The Labute approximate surface area is 84.5 Å². The van der Waals surface area contributed by atoms with E-state index in [9.17, 15) is 9.90 Å². The van der Waals surface area contributed by atoms with Crippen LogP contribution in [0.3, 0.4) is 0 Å². The minimum Gasteiger partial charge on any atom is -0.481 e. The molecule has 1 rings (SSSR count). The molecule has 0 saturated heterocycles. The summed E-state index contributed by atoms with van der Waals surface area (Å²) in [6.45, 7) is 0.537. The van der Waals surface area contributed by atoms with Crippen molar-refractivity contribution < 1.29 is 15.0 Å². The Morgan fingerprint density at radius 3 is 2.36 bits per heavy atom. The lowest BCUT2D eigenvalue weighted by molar-refractivity contribution is -0.157. The minimum absolute atomic E-state index is 0.389. The molecule has 1 atom stereocenters. The zero-order valence-corrected chi connectivity index (χ0v) is 8.86. The van der Waals surface area contributed by atoms with Gasteiger partial charge in [0, 0.05) is 6.54 Å². The molecule has 2 N–H and O–H groups in total. The van der Waals surface area contributed by atoms with Gasteiger partial charge in [0.05, 0.1) is 11.5 Å². The Bertz CT molecular complexity index is 211. The number of carbonyl (C=O) groups is 1. The number of aliphatic carboxylic acids is 1. The topological polar surface area (TPSA) is 60.8 Å². The summed E-state index contributed by atoms with van der Waals surface area (Å²) in [5.41, 5.74) is -0.630. The van der Waals surface area contributed by atoms with Crippen LogP contribution in [0.4, 0.5) is 0 Å². The highest BCUT2D eigenvalue weighted by Gasteiger charge is 2.45. The number of rotatable bonds is 5. The van der Waals surface area contributed by atoms with E-state index in [1.165, 1.54) is 0 Å². The molecular weight excluding hydrogens is 182 g/mol. The first-order valence-electron chi connectivity index (χ1n) is 5.02. The second kappa shape index (κ2) is 4.28. The maximum atomic E-state index is 11.0. The number of carboxylic acids is 1. The Morgan fingerprint density at radius 2 is 2.07 bits per heavy atom. The number of nitrogens with zero attached hydrogens (tertiary/aromatic N) is 1. The van der Waals surface area contributed by atoms with Crippen LogP contribution < -0.4 is 0 Å². The van der Waals surface area contributed by atoms with Crippen molar-refractivity contribution in [3.05, 3.63) is 0 Å². The summed E-state index contributed by atoms with van der Waals surface area (Å²) in [6, 6.07) is 0. The molecule has 4 nitrogen and oxygen atoms in total. The number of hydrogen-bond donors (Lipinski definition) is 2. The van der Waals surface area contributed by atoms with Gasteiger partial charge in [0.1, 0.15) is 0 Å². The Balaban J connectivity index is 2.44. The molecule has 1 unspecified atom stereocenters. The third-order valence-electron chi connectivity index (χ3n) is 2.97. The van der Waals surface area contributed by atoms with E-state index in [0.717, 1.165) is 6.42 Å². The minimum atomic E-state index is -0.749. The number of hydrogen-bond acceptors (Lipinski definition) is 3. The van der Waals surface area contributed by atoms with Gasteiger partial charge in [-0.1, -0.05) is 6.42 Å². The van der Waals surface area contributed by atoms with E-state index in [-0.39, 0.29) is 0 Å². The third kappa shape index (κ3) is 2.45. The van der Waals surface area contributed by atoms with Crippen molar-refractivity contribution in [1.29, 1.82) is 0 Å². The lowest BCUT2D eigenvalue weighted by Gasteiger charge is -2.39. The molecule has 1 aliphatic carbocycles. The standard InChI is InChI=1S/C10H19NO3/c1-11(2)7-8(12)6-10(9(13)14)4-3-5-10/h8,12H,3-7H2,1-2H3,(H,13,14). The van der Waals surface area contributed by atoms with Crippen LogP contribution in [-0.2, 0) is 4.79 Å². The zero-order chi connectivity index (χ0) is 10.8. The van der Waals surface area contributed by atoms with E-state index in [0.29, 0.717) is 25.8 Å². The Hall–Kier alpha value is -0.610. The van der Waals surface area contributed by atoms with Crippen molar-refractivity contribution in [2.24, 2.45) is 5.41 Å². The summed E-state index contributed by atoms with van der Waals surface area (Å²) >= 11 is 0. The molecule has 14 heavy (non-hydrogen) atoms. The van der Waals surface area contributed by atoms with E-state index in [2.05, 4.69) is 0 Å². The molecule has 0 amide bonds. The van der Waals surface area contributed by atoms with Gasteiger partial charge >= 0.3 is 5.97 Å². The average molecular weight is 201 g/mol. The predicted molar refractivity (Wildman–Crippen MR) is 53.1 cm³/mol. The molecule has 0 spiro atoms. The van der Waals surface area contributed by atoms with Crippen molar-refractivity contribution in [2.45, 2.75) is 31.8 Å². The summed E-state index contributed by atoms with van der Waals surface area (Å²) in [5.74, 6) is -0.749. The maximum absolute atomic E-state index is 11.0. The summed E-state index contributed by atoms with van der Waals surface area (Å²) < 4.78 is 0. The first-order valence-corrected chi connectivity index (χ1v) is 5.02. The number of aliphatic hydroxyl groups excluding tert-OH is 1. The Kier molecular flexibility index (Phi) is 3.50. The molecule has 1 fully saturated rings. The van der Waals surface area contributed by atoms with Gasteiger partial charge in [0.15, 0.2) is 0 Å². The fourth-order valence-electron chi connectivity index (χ4n) is 2.05. The van der Waals surface area contributed by atoms with Gasteiger partial charge in [-0.05, 0) is 33.4 Å². The quantitative estimate of drug-likeness (QED) is 0.682. The van der Waals surface area contributed by atoms with Crippen molar-refractivity contribution in [1.82, 2.24) is 4.90 Å². The molecule has 82 valence electrons. The van der Waals surface area contributed by atoms with Gasteiger partial charge in [-0.2, -0.15) is 0 Å². The summed E-state index contributed by atoms with van der Waals surface area (Å²) in [7, 11) is 3.74. The van der Waals surface area contributed by atoms with Crippen LogP contribution in [0.5, 0.6) is 0 Å². The molecule has 0 aromatic rings. The van der Waals surface area contributed by atoms with E-state index in [4.69, 9.17) is 5.11 Å². The second-order valence-corrected chi connectivity index (χ2v) is 4.56. The third-order valence-corrected chi connectivity index (χ3v) is 2.97. The molecule has 0 aliphatic heterocycles. The van der Waals surface area contributed by atoms with Crippen LogP contribution in [0.1, 0.15) is 25.7 Å². The lowest BCUT2D eigenvalue weighted by atomic mass is 9.65. The van der Waals surface area contributed by atoms with Gasteiger partial charge in [-0.3, -0.25) is 4.79 Å². The molecule has 1 saturated carbocycles. The maximum Gasteiger partial charge on any atom is 0.309 e. The number of likely N-dealkylation sites (N-methyl/N-ethyl adjacent to an activating group) is 1. The molecule has 0 aromatic heterocycles. The molecule has 0 heterocycles. The first-order chi connectivity index (χ1) is 6.46. The molecule has 0 bridgehead atoms. The van der Waals surface area contributed by atoms with Crippen LogP contribution in [-0.4, -0.2) is 47.8 Å². The van der Waals surface area contributed by atoms with Crippen molar-refractivity contribution in [3.8, 4) is 0 Å². The highest BCUT2D eigenvalue weighted by atomic mass is 16.4. The molecule has 0 aromatic carbocycles. The van der Waals surface area contributed by atoms with E-state index >= 15 is 0 Å². The second-order valence-electron chi connectivity index (χ2n) is 4.56. The van der Waals surface area contributed by atoms with E-state index in [1.807, 2.05) is 19.0 Å². The van der Waals surface area contributed by atoms with Crippen LogP contribution in [0.25, 0.3) is 0 Å². The summed E-state index contributed by atoms with van der Waals surface area (Å²) in [4.78, 5) is 12.9. The molecular formula is C10H19NO3. The summed E-state index contributed by atoms with van der Waals surface area (Å²) in [5, 5.41) is 18.7. The predicted octanol–water partition coefficient (Wildman–Crippen LogP) is 0.554. The SMILES string of the molecule is CN(C)CC(O)CC1(C(=O)O)CCC1. The fourth-order valence-corrected chi connectivity index (χ4v) is 2.05. The van der Waals surface area contributed by atoms with Crippen LogP contribution in [0.2, 0.25) is 0 Å². The van der Waals surface area contributed by atoms with E-state index < -0.39 is 17.5 Å². The molecule has 1 aliphatic rings. The van der Waals surface area contributed by atoms with Crippen molar-refractivity contribution in [2.75, 3.05) is 20.6 Å². The van der Waals surface area contributed by atoms with Crippen molar-refractivity contribution >= 4 is 5.97 Å². The fraction of sp³-hybridized carbons (Fsp3) is 0.900. The highest BCUT2D eigenvalue weighted by molar-refractivity contribution is 5.75. The average Bonchev–Trinajstić information content (AvgIpc) is 1.94. The largest absolute Gasteiger partial charge is 0.481 e. The zero-order valence-electron chi connectivity index (χ0n) is 8.86. The van der Waals surface area contributed by atoms with E-state index in [1.54, 1.807) is 0 Å². The Morgan fingerprint density at radius 1 is 1.50 bits per heavy atom. The number of carboxylic acid groups (broad SMARTS) is 1. The van der Waals surface area contributed by atoms with Gasteiger partial charge < -0.3 is 15.1 Å². The van der Waals surface area contributed by atoms with Crippen LogP contribution in [0.15, 0.2) is 0 Å². The normalized spacial score (nSPS) is 21.7. The van der Waals surface area contributed by atoms with Gasteiger partial charge in [0.2, 0.25) is 0 Å². The molecule has 4 heteroatoms. The van der Waals surface area contributed by atoms with Gasteiger partial charge in [0.25, 0.3) is 0 Å². The number of aliphatic hydroxyl groups is 1. The lowest BCUT2D eigenvalue weighted by Crippen LogP contribution is -2.42. The van der Waals surface area contributed by atoms with Crippen LogP contribution in [0, 0.1) is 5.41 Å². The van der Waals surface area contributed by atoms with Gasteiger partial charge in [-0.15, -0.1) is 0 Å². The monoisotopic (exact) mass is 201 g/mol. The van der Waals surface area contributed by atoms with Crippen LogP contribution >= 0.6 is 0 Å². The summed E-state index contributed by atoms with van der Waals surface area (Å²) in [6.07, 6.45) is 2.27.